The van der Waals surface area contributed by atoms with Gasteiger partial charge >= 0.3 is 0 Å². The molecule has 1 aliphatic heterocycles. The molecule has 0 aliphatic carbocycles. The molecule has 0 saturated carbocycles. The lowest BCUT2D eigenvalue weighted by Gasteiger charge is -2.20. The molecule has 3 heteroatoms. The van der Waals surface area contributed by atoms with Crippen molar-refractivity contribution >= 4 is 22.6 Å². The summed E-state index contributed by atoms with van der Waals surface area (Å²) >= 11 is 2.39. The van der Waals surface area contributed by atoms with Crippen LogP contribution in [0.15, 0.2) is 0 Å². The fourth-order valence-electron chi connectivity index (χ4n) is 1.53. The lowest BCUT2D eigenvalue weighted by molar-refractivity contribution is 0.217. The fourth-order valence-corrected chi connectivity index (χ4v) is 2.43. The Morgan fingerprint density at radius 2 is 2.40 bits per heavy atom. The van der Waals surface area contributed by atoms with Crippen LogP contribution < -0.4 is 0 Å². The molecule has 60 valence electrons. The quantitative estimate of drug-likeness (QED) is 0.465. The summed E-state index contributed by atoms with van der Waals surface area (Å²) in [4.78, 5) is 2.44. The van der Waals surface area contributed by atoms with E-state index in [1.807, 2.05) is 0 Å². The van der Waals surface area contributed by atoms with Crippen LogP contribution in [0.1, 0.15) is 19.3 Å². The maximum atomic E-state index is 8.71. The molecule has 2 nitrogen and oxygen atoms in total. The topological polar surface area (TPSA) is 23.5 Å². The SMILES string of the molecule is OCCC1CCCN1CI. The van der Waals surface area contributed by atoms with Gasteiger partial charge < -0.3 is 5.11 Å². The van der Waals surface area contributed by atoms with Gasteiger partial charge in [-0.25, -0.2) is 0 Å². The number of nitrogens with zero attached hydrogens (tertiary/aromatic N) is 1. The Labute approximate surface area is 75.7 Å². The minimum Gasteiger partial charge on any atom is -0.396 e. The summed E-state index contributed by atoms with van der Waals surface area (Å²) in [7, 11) is 0. The second-order valence-corrected chi connectivity index (χ2v) is 3.42. The van der Waals surface area contributed by atoms with Crippen LogP contribution in [0.5, 0.6) is 0 Å². The highest BCUT2D eigenvalue weighted by molar-refractivity contribution is 14.1. The second kappa shape index (κ2) is 4.51. The predicted octanol–water partition coefficient (Wildman–Crippen LogP) is 1.23. The maximum Gasteiger partial charge on any atom is 0.0508 e. The number of hydrogen-bond donors (Lipinski definition) is 1. The fraction of sp³-hybridized carbons (Fsp3) is 1.00. The number of aliphatic hydroxyl groups excluding tert-OH is 1. The zero-order valence-electron chi connectivity index (χ0n) is 6.09. The van der Waals surface area contributed by atoms with E-state index in [0.717, 1.165) is 11.0 Å². The lowest BCUT2D eigenvalue weighted by Crippen LogP contribution is -2.28. The van der Waals surface area contributed by atoms with Crippen LogP contribution in [0.25, 0.3) is 0 Å². The van der Waals surface area contributed by atoms with Crippen molar-refractivity contribution in [1.82, 2.24) is 4.90 Å². The van der Waals surface area contributed by atoms with Gasteiger partial charge in [0, 0.05) is 12.6 Å². The van der Waals surface area contributed by atoms with Crippen molar-refractivity contribution in [3.05, 3.63) is 0 Å². The molecule has 10 heavy (non-hydrogen) atoms. The first-order chi connectivity index (χ1) is 4.88. The van der Waals surface area contributed by atoms with E-state index in [1.165, 1.54) is 19.4 Å². The van der Waals surface area contributed by atoms with Gasteiger partial charge in [-0.2, -0.15) is 0 Å². The van der Waals surface area contributed by atoms with E-state index in [1.54, 1.807) is 0 Å². The third kappa shape index (κ3) is 2.07. The molecule has 1 fully saturated rings. The van der Waals surface area contributed by atoms with Crippen molar-refractivity contribution in [3.8, 4) is 0 Å². The van der Waals surface area contributed by atoms with Crippen LogP contribution >= 0.6 is 22.6 Å². The Kier molecular flexibility index (Phi) is 3.95. The van der Waals surface area contributed by atoms with Crippen molar-refractivity contribution in [3.63, 3.8) is 0 Å². The van der Waals surface area contributed by atoms with E-state index >= 15 is 0 Å². The third-order valence-electron chi connectivity index (χ3n) is 2.11. The van der Waals surface area contributed by atoms with Crippen LogP contribution in [0, 0.1) is 0 Å². The van der Waals surface area contributed by atoms with Crippen molar-refractivity contribution in [2.24, 2.45) is 0 Å². The Bertz CT molecular complexity index is 99.6. The van der Waals surface area contributed by atoms with E-state index in [0.29, 0.717) is 12.6 Å². The highest BCUT2D eigenvalue weighted by Crippen LogP contribution is 2.20. The molecule has 0 aromatic heterocycles. The first-order valence-electron chi connectivity index (χ1n) is 3.79. The first-order valence-corrected chi connectivity index (χ1v) is 5.32. The van der Waals surface area contributed by atoms with Gasteiger partial charge in [0.1, 0.15) is 0 Å². The number of aliphatic hydroxyl groups is 1. The minimum atomic E-state index is 0.345. The predicted molar refractivity (Wildman–Crippen MR) is 50.3 cm³/mol. The highest BCUT2D eigenvalue weighted by atomic mass is 127. The number of hydrogen-bond acceptors (Lipinski definition) is 2. The molecule has 1 unspecified atom stereocenters. The zero-order valence-corrected chi connectivity index (χ0v) is 8.25. The summed E-state index contributed by atoms with van der Waals surface area (Å²) in [5.74, 6) is 0. The van der Waals surface area contributed by atoms with Crippen molar-refractivity contribution in [2.45, 2.75) is 25.3 Å². The normalized spacial score (nSPS) is 27.6. The van der Waals surface area contributed by atoms with Gasteiger partial charge in [0.05, 0.1) is 4.55 Å². The Morgan fingerprint density at radius 1 is 1.60 bits per heavy atom. The average Bonchev–Trinajstić information content (AvgIpc) is 2.36. The van der Waals surface area contributed by atoms with Gasteiger partial charge in [0.2, 0.25) is 0 Å². The molecule has 0 aromatic carbocycles. The summed E-state index contributed by atoms with van der Waals surface area (Å²) < 4.78 is 1.11. The van der Waals surface area contributed by atoms with Gasteiger partial charge in [-0.1, -0.05) is 22.6 Å². The largest absolute Gasteiger partial charge is 0.396 e. The Balaban J connectivity index is 2.27. The van der Waals surface area contributed by atoms with Gasteiger partial charge in [-0.05, 0) is 25.8 Å². The van der Waals surface area contributed by atoms with Crippen molar-refractivity contribution in [2.75, 3.05) is 17.7 Å². The number of likely N-dealkylation sites (tertiary alicyclic amines) is 1. The van der Waals surface area contributed by atoms with Crippen molar-refractivity contribution in [1.29, 1.82) is 0 Å². The molecule has 1 rings (SSSR count). The third-order valence-corrected chi connectivity index (χ3v) is 2.99. The second-order valence-electron chi connectivity index (χ2n) is 2.74. The first kappa shape index (κ1) is 8.74. The molecule has 0 amide bonds. The highest BCUT2D eigenvalue weighted by Gasteiger charge is 2.21. The zero-order chi connectivity index (χ0) is 7.40. The van der Waals surface area contributed by atoms with E-state index in [2.05, 4.69) is 27.5 Å². The average molecular weight is 255 g/mol. The van der Waals surface area contributed by atoms with Gasteiger partial charge in [-0.15, -0.1) is 0 Å². The van der Waals surface area contributed by atoms with E-state index < -0.39 is 0 Å². The smallest absolute Gasteiger partial charge is 0.0508 e. The molecule has 1 heterocycles. The number of alkyl halides is 1. The Hall–Kier alpha value is 0.650. The van der Waals surface area contributed by atoms with Gasteiger partial charge in [0.15, 0.2) is 0 Å². The molecule has 0 spiro atoms. The summed E-state index contributed by atoms with van der Waals surface area (Å²) in [5, 5.41) is 8.71. The molecule has 0 bridgehead atoms. The molecule has 1 atom stereocenters. The molecule has 1 N–H and O–H groups in total. The summed E-state index contributed by atoms with van der Waals surface area (Å²) in [5.41, 5.74) is 0. The molecule has 0 aromatic rings. The maximum absolute atomic E-state index is 8.71. The van der Waals surface area contributed by atoms with Crippen LogP contribution in [-0.4, -0.2) is 33.8 Å². The number of halogens is 1. The standard InChI is InChI=1S/C7H14INO/c8-6-9-4-1-2-7(9)3-5-10/h7,10H,1-6H2. The van der Waals surface area contributed by atoms with Crippen LogP contribution in [-0.2, 0) is 0 Å². The molecular weight excluding hydrogens is 241 g/mol. The Morgan fingerprint density at radius 3 is 3.00 bits per heavy atom. The van der Waals surface area contributed by atoms with E-state index in [4.69, 9.17) is 5.11 Å². The molecular formula is C7H14INO. The van der Waals surface area contributed by atoms with Gasteiger partial charge in [0.25, 0.3) is 0 Å². The van der Waals surface area contributed by atoms with Crippen LogP contribution in [0.2, 0.25) is 0 Å². The van der Waals surface area contributed by atoms with Crippen LogP contribution in [0.4, 0.5) is 0 Å². The summed E-state index contributed by atoms with van der Waals surface area (Å²) in [6.45, 7) is 1.57. The molecule has 1 saturated heterocycles. The molecule has 1 aliphatic rings. The summed E-state index contributed by atoms with van der Waals surface area (Å²) in [6.07, 6.45) is 3.56. The van der Waals surface area contributed by atoms with Crippen LogP contribution in [0.3, 0.4) is 0 Å². The van der Waals surface area contributed by atoms with Gasteiger partial charge in [-0.3, -0.25) is 4.90 Å². The summed E-state index contributed by atoms with van der Waals surface area (Å²) in [6, 6.07) is 0.668. The number of rotatable bonds is 3. The van der Waals surface area contributed by atoms with Crippen molar-refractivity contribution < 1.29 is 5.11 Å². The van der Waals surface area contributed by atoms with E-state index in [-0.39, 0.29) is 0 Å². The molecule has 0 radical (unpaired) electrons. The monoisotopic (exact) mass is 255 g/mol. The van der Waals surface area contributed by atoms with E-state index in [9.17, 15) is 0 Å². The minimum absolute atomic E-state index is 0.345. The lowest BCUT2D eigenvalue weighted by atomic mass is 10.2.